The molecule has 0 radical (unpaired) electrons. The Bertz CT molecular complexity index is 234. The first-order chi connectivity index (χ1) is 5.38. The third kappa shape index (κ3) is 1.87. The zero-order valence-electron chi connectivity index (χ0n) is 6.75. The summed E-state index contributed by atoms with van der Waals surface area (Å²) in [5, 5.41) is 0. The Morgan fingerprint density at radius 2 is 2.00 bits per heavy atom. The first-order valence-electron chi connectivity index (χ1n) is 3.74. The molecule has 2 heteroatoms. The van der Waals surface area contributed by atoms with Gasteiger partial charge in [-0.2, -0.15) is 0 Å². The molecule has 0 saturated carbocycles. The van der Waals surface area contributed by atoms with Crippen molar-refractivity contribution in [1.29, 1.82) is 0 Å². The lowest BCUT2D eigenvalue weighted by Crippen LogP contribution is -1.89. The highest BCUT2D eigenvalue weighted by Crippen LogP contribution is 2.19. The van der Waals surface area contributed by atoms with Crippen LogP contribution in [0.2, 0.25) is 0 Å². The van der Waals surface area contributed by atoms with E-state index in [1.807, 2.05) is 6.92 Å². The summed E-state index contributed by atoms with van der Waals surface area (Å²) in [6.45, 7) is 5.38. The maximum Gasteiger partial charge on any atom is 0.0838 e. The van der Waals surface area contributed by atoms with E-state index in [9.17, 15) is 0 Å². The Balaban J connectivity index is 2.83. The molecule has 58 valence electrons. The van der Waals surface area contributed by atoms with Gasteiger partial charge < -0.3 is 0 Å². The molecule has 0 fully saturated rings. The highest BCUT2D eigenvalue weighted by molar-refractivity contribution is 5.57. The highest BCUT2D eigenvalue weighted by atomic mass is 14.8. The summed E-state index contributed by atoms with van der Waals surface area (Å²) in [5.74, 6) is 0. The predicted molar refractivity (Wildman–Crippen MR) is 49.1 cm³/mol. The smallest absolute Gasteiger partial charge is 0.0838 e. The summed E-state index contributed by atoms with van der Waals surface area (Å²) < 4.78 is 0. The van der Waals surface area contributed by atoms with Gasteiger partial charge in [-0.15, -0.1) is 0 Å². The molecule has 0 N–H and O–H groups in total. The van der Waals surface area contributed by atoms with E-state index in [1.54, 1.807) is 6.21 Å². The normalized spacial score (nSPS) is 17.9. The molecule has 1 aliphatic carbocycles. The van der Waals surface area contributed by atoms with Crippen molar-refractivity contribution in [3.05, 3.63) is 23.5 Å². The average Bonchev–Trinajstić information content (AvgIpc) is 2.06. The molecule has 0 aromatic carbocycles. The number of rotatable bonds is 2. The fraction of sp³-hybridized carbons (Fsp3) is 0.333. The summed E-state index contributed by atoms with van der Waals surface area (Å²) in [6.07, 6.45) is 8.04. The Morgan fingerprint density at radius 3 is 2.55 bits per heavy atom. The number of nitrogens with zero attached hydrogens (tertiary/aromatic N) is 2. The molecule has 0 amide bonds. The maximum absolute atomic E-state index is 4.17. The molecule has 0 bridgehead atoms. The quantitative estimate of drug-likeness (QED) is 0.537. The largest absolute Gasteiger partial charge is 0.263 e. The van der Waals surface area contributed by atoms with Crippen LogP contribution in [-0.2, 0) is 0 Å². The lowest BCUT2D eigenvalue weighted by Gasteiger charge is -2.06. The van der Waals surface area contributed by atoms with Crippen LogP contribution in [0.1, 0.15) is 19.8 Å². The third-order valence-corrected chi connectivity index (χ3v) is 1.54. The van der Waals surface area contributed by atoms with Crippen molar-refractivity contribution in [2.75, 3.05) is 0 Å². The molecule has 0 heterocycles. The molecule has 1 aliphatic rings. The summed E-state index contributed by atoms with van der Waals surface area (Å²) in [5.41, 5.74) is 1.86. The van der Waals surface area contributed by atoms with Crippen LogP contribution in [0.15, 0.2) is 33.5 Å². The van der Waals surface area contributed by atoms with Crippen molar-refractivity contribution >= 4 is 12.9 Å². The van der Waals surface area contributed by atoms with E-state index in [-0.39, 0.29) is 0 Å². The second-order valence-electron chi connectivity index (χ2n) is 2.30. The van der Waals surface area contributed by atoms with Crippen LogP contribution in [0.5, 0.6) is 0 Å². The van der Waals surface area contributed by atoms with Gasteiger partial charge in [0.2, 0.25) is 0 Å². The summed E-state index contributed by atoms with van der Waals surface area (Å²) >= 11 is 0. The van der Waals surface area contributed by atoms with E-state index in [2.05, 4.69) is 28.9 Å². The predicted octanol–water partition coefficient (Wildman–Crippen LogP) is 2.34. The summed E-state index contributed by atoms with van der Waals surface area (Å²) in [6, 6.07) is 0. The first kappa shape index (κ1) is 7.92. The van der Waals surface area contributed by atoms with E-state index in [0.29, 0.717) is 0 Å². The van der Waals surface area contributed by atoms with Crippen molar-refractivity contribution in [3.63, 3.8) is 0 Å². The van der Waals surface area contributed by atoms with E-state index < -0.39 is 0 Å². The van der Waals surface area contributed by atoms with Crippen LogP contribution in [0.25, 0.3) is 0 Å². The molecule has 0 unspecified atom stereocenters. The van der Waals surface area contributed by atoms with Gasteiger partial charge in [0.1, 0.15) is 0 Å². The van der Waals surface area contributed by atoms with Gasteiger partial charge in [-0.3, -0.25) is 9.98 Å². The second kappa shape index (κ2) is 3.86. The number of hydrogen-bond donors (Lipinski definition) is 0. The van der Waals surface area contributed by atoms with Crippen molar-refractivity contribution in [1.82, 2.24) is 0 Å². The Kier molecular flexibility index (Phi) is 2.78. The molecule has 0 aromatic heterocycles. The van der Waals surface area contributed by atoms with Crippen molar-refractivity contribution in [3.8, 4) is 0 Å². The van der Waals surface area contributed by atoms with E-state index in [0.717, 1.165) is 24.2 Å². The van der Waals surface area contributed by atoms with Crippen LogP contribution >= 0.6 is 0 Å². The molecular formula is C9H12N2. The van der Waals surface area contributed by atoms with Crippen molar-refractivity contribution < 1.29 is 0 Å². The Hall–Kier alpha value is -1.18. The number of allylic oxidation sites excluding steroid dienone is 2. The third-order valence-electron chi connectivity index (χ3n) is 1.54. The average molecular weight is 148 g/mol. The van der Waals surface area contributed by atoms with Crippen molar-refractivity contribution in [2.24, 2.45) is 9.98 Å². The molecule has 0 atom stereocenters. The fourth-order valence-corrected chi connectivity index (χ4v) is 1.05. The minimum Gasteiger partial charge on any atom is -0.263 e. The number of hydrogen-bond acceptors (Lipinski definition) is 2. The fourth-order valence-electron chi connectivity index (χ4n) is 1.05. The monoisotopic (exact) mass is 148 g/mol. The zero-order chi connectivity index (χ0) is 8.10. The van der Waals surface area contributed by atoms with Crippen LogP contribution in [0.3, 0.4) is 0 Å². The van der Waals surface area contributed by atoms with Crippen LogP contribution < -0.4 is 0 Å². The lowest BCUT2D eigenvalue weighted by molar-refractivity contribution is 0.976. The van der Waals surface area contributed by atoms with Gasteiger partial charge in [-0.05, 0) is 26.5 Å². The SMILES string of the molecule is C=NC1=CCCC=C1/N=C\C. The van der Waals surface area contributed by atoms with Crippen LogP contribution in [-0.4, -0.2) is 12.9 Å². The summed E-state index contributed by atoms with van der Waals surface area (Å²) in [4.78, 5) is 8.05. The van der Waals surface area contributed by atoms with Crippen LogP contribution in [0, 0.1) is 0 Å². The molecule has 2 nitrogen and oxygen atoms in total. The lowest BCUT2D eigenvalue weighted by atomic mass is 10.1. The topological polar surface area (TPSA) is 24.7 Å². The van der Waals surface area contributed by atoms with Gasteiger partial charge in [0.05, 0.1) is 11.4 Å². The molecule has 0 aromatic rings. The van der Waals surface area contributed by atoms with Gasteiger partial charge in [0, 0.05) is 6.21 Å². The minimum atomic E-state index is 0.911. The maximum atomic E-state index is 4.17. The molecule has 1 rings (SSSR count). The Morgan fingerprint density at radius 1 is 1.36 bits per heavy atom. The Labute approximate surface area is 67.1 Å². The molecule has 0 spiro atoms. The first-order valence-corrected chi connectivity index (χ1v) is 3.74. The van der Waals surface area contributed by atoms with E-state index in [4.69, 9.17) is 0 Å². The van der Waals surface area contributed by atoms with Gasteiger partial charge >= 0.3 is 0 Å². The molecular weight excluding hydrogens is 136 g/mol. The molecule has 0 saturated heterocycles. The van der Waals surface area contributed by atoms with Gasteiger partial charge in [0.25, 0.3) is 0 Å². The van der Waals surface area contributed by atoms with Crippen molar-refractivity contribution in [2.45, 2.75) is 19.8 Å². The highest BCUT2D eigenvalue weighted by Gasteiger charge is 2.03. The molecule has 0 aliphatic heterocycles. The van der Waals surface area contributed by atoms with E-state index in [1.165, 1.54) is 0 Å². The van der Waals surface area contributed by atoms with Crippen LogP contribution in [0.4, 0.5) is 0 Å². The van der Waals surface area contributed by atoms with Gasteiger partial charge in [-0.1, -0.05) is 12.2 Å². The number of aliphatic imine (C=N–C) groups is 2. The second-order valence-corrected chi connectivity index (χ2v) is 2.30. The van der Waals surface area contributed by atoms with E-state index >= 15 is 0 Å². The van der Waals surface area contributed by atoms with Gasteiger partial charge in [0.15, 0.2) is 0 Å². The summed E-state index contributed by atoms with van der Waals surface area (Å²) in [7, 11) is 0. The zero-order valence-corrected chi connectivity index (χ0v) is 6.75. The molecule has 11 heavy (non-hydrogen) atoms. The standard InChI is InChI=1S/C9H12N2/c1-3-11-9-7-5-4-6-8(9)10-2/h3,6-7H,2,4-5H2,1H3/b11-3-. The van der Waals surface area contributed by atoms with Gasteiger partial charge in [-0.25, -0.2) is 0 Å². The minimum absolute atomic E-state index is 0.911.